The number of halogens is 1. The Bertz CT molecular complexity index is 703. The quantitative estimate of drug-likeness (QED) is 0.827. The molecule has 6 nitrogen and oxygen atoms in total. The monoisotopic (exact) mass is 308 g/mol. The summed E-state index contributed by atoms with van der Waals surface area (Å²) in [4.78, 5) is 37.4. The van der Waals surface area contributed by atoms with Crippen molar-refractivity contribution in [1.82, 2.24) is 10.3 Å². The van der Waals surface area contributed by atoms with E-state index in [1.165, 1.54) is 25.4 Å². The zero-order chi connectivity index (χ0) is 15.4. The minimum absolute atomic E-state index is 0.00258. The van der Waals surface area contributed by atoms with Crippen molar-refractivity contribution >= 4 is 23.5 Å². The fourth-order valence-corrected chi connectivity index (χ4v) is 2.18. The van der Waals surface area contributed by atoms with Gasteiger partial charge in [0.15, 0.2) is 0 Å². The van der Waals surface area contributed by atoms with Crippen molar-refractivity contribution in [1.29, 1.82) is 0 Å². The Kier molecular flexibility index (Phi) is 4.59. The fraction of sp³-hybridized carbons (Fsp3) is 0.214. The fourth-order valence-electron chi connectivity index (χ4n) is 1.91. The van der Waals surface area contributed by atoms with Gasteiger partial charge >= 0.3 is 5.97 Å². The molecule has 0 aliphatic heterocycles. The largest absolute Gasteiger partial charge is 0.466 e. The number of nitrogens with one attached hydrogen (secondary N) is 2. The first-order valence-electron chi connectivity index (χ1n) is 6.19. The molecular formula is C14H13ClN2O4. The zero-order valence-electron chi connectivity index (χ0n) is 11.2. The van der Waals surface area contributed by atoms with Gasteiger partial charge < -0.3 is 15.0 Å². The van der Waals surface area contributed by atoms with Gasteiger partial charge in [0, 0.05) is 17.5 Å². The molecule has 1 aliphatic carbocycles. The van der Waals surface area contributed by atoms with Crippen LogP contribution in [0.4, 0.5) is 0 Å². The highest BCUT2D eigenvalue weighted by Gasteiger charge is 2.20. The van der Waals surface area contributed by atoms with Crippen molar-refractivity contribution in [2.75, 3.05) is 7.11 Å². The maximum atomic E-state index is 12.0. The van der Waals surface area contributed by atoms with Crippen LogP contribution in [-0.4, -0.2) is 24.0 Å². The maximum absolute atomic E-state index is 12.0. The minimum atomic E-state index is -0.542. The number of carbonyl (C=O) groups excluding carboxylic acids is 2. The number of aromatic amines is 1. The van der Waals surface area contributed by atoms with Crippen molar-refractivity contribution < 1.29 is 14.3 Å². The van der Waals surface area contributed by atoms with Crippen LogP contribution in [-0.2, 0) is 9.53 Å². The molecule has 0 spiro atoms. The second kappa shape index (κ2) is 6.41. The van der Waals surface area contributed by atoms with Gasteiger partial charge in [0.2, 0.25) is 0 Å². The first-order chi connectivity index (χ1) is 10.0. The number of ether oxygens (including phenoxy) is 1. The summed E-state index contributed by atoms with van der Waals surface area (Å²) in [6, 6.07) is 2.98. The summed E-state index contributed by atoms with van der Waals surface area (Å²) in [5, 5.41) is 2.85. The number of amides is 1. The molecule has 0 saturated carbocycles. The molecule has 0 saturated heterocycles. The number of allylic oxidation sites excluding steroid dienone is 3. The Balaban J connectivity index is 2.19. The predicted molar refractivity (Wildman–Crippen MR) is 76.7 cm³/mol. The summed E-state index contributed by atoms with van der Waals surface area (Å²) in [5.41, 5.74) is 0.432. The normalized spacial score (nSPS) is 14.5. The molecule has 1 aromatic heterocycles. The molecule has 0 atom stereocenters. The molecule has 2 N–H and O–H groups in total. The lowest BCUT2D eigenvalue weighted by molar-refractivity contribution is -0.136. The van der Waals surface area contributed by atoms with Gasteiger partial charge in [0.1, 0.15) is 5.56 Å². The number of pyridine rings is 1. The van der Waals surface area contributed by atoms with Gasteiger partial charge in [-0.1, -0.05) is 11.6 Å². The molecular weight excluding hydrogens is 296 g/mol. The van der Waals surface area contributed by atoms with Crippen molar-refractivity contribution in [2.45, 2.75) is 12.8 Å². The molecule has 1 aliphatic rings. The lowest BCUT2D eigenvalue weighted by Gasteiger charge is -2.16. The molecule has 0 fully saturated rings. The molecule has 7 heteroatoms. The molecule has 0 unspecified atom stereocenters. The van der Waals surface area contributed by atoms with Crippen LogP contribution in [0.3, 0.4) is 0 Å². The van der Waals surface area contributed by atoms with E-state index in [9.17, 15) is 14.4 Å². The van der Waals surface area contributed by atoms with Crippen molar-refractivity contribution in [2.24, 2.45) is 0 Å². The topological polar surface area (TPSA) is 88.3 Å². The Morgan fingerprint density at radius 3 is 2.76 bits per heavy atom. The number of hydrogen-bond donors (Lipinski definition) is 2. The summed E-state index contributed by atoms with van der Waals surface area (Å²) >= 11 is 6.04. The third kappa shape index (κ3) is 3.41. The molecule has 2 rings (SSSR count). The SMILES string of the molecule is COC(=O)C1=CC(Cl)=C(NC(=O)c2ccc[nH]c2=O)CC1. The van der Waals surface area contributed by atoms with Crippen molar-refractivity contribution in [3.05, 3.63) is 56.6 Å². The van der Waals surface area contributed by atoms with Crippen LogP contribution in [0.5, 0.6) is 0 Å². The van der Waals surface area contributed by atoms with Crippen LogP contribution in [0, 0.1) is 0 Å². The smallest absolute Gasteiger partial charge is 0.333 e. The average molecular weight is 309 g/mol. The van der Waals surface area contributed by atoms with E-state index in [1.807, 2.05) is 0 Å². The first-order valence-corrected chi connectivity index (χ1v) is 6.57. The highest BCUT2D eigenvalue weighted by molar-refractivity contribution is 6.32. The van der Waals surface area contributed by atoms with Crippen LogP contribution in [0.1, 0.15) is 23.2 Å². The van der Waals surface area contributed by atoms with E-state index in [-0.39, 0.29) is 10.6 Å². The zero-order valence-corrected chi connectivity index (χ0v) is 12.0. The van der Waals surface area contributed by atoms with Crippen molar-refractivity contribution in [3.63, 3.8) is 0 Å². The van der Waals surface area contributed by atoms with Gasteiger partial charge in [-0.15, -0.1) is 0 Å². The van der Waals surface area contributed by atoms with Gasteiger partial charge in [-0.05, 0) is 31.1 Å². The number of methoxy groups -OCH3 is 1. The number of esters is 1. The van der Waals surface area contributed by atoms with E-state index < -0.39 is 17.4 Å². The molecule has 1 aromatic rings. The standard InChI is InChI=1S/C14H13ClN2O4/c1-21-14(20)8-4-5-11(10(15)7-8)17-13(19)9-3-2-6-16-12(9)18/h2-3,6-7H,4-5H2,1H3,(H,16,18)(H,17,19). The van der Waals surface area contributed by atoms with Crippen LogP contribution >= 0.6 is 11.6 Å². The summed E-state index contributed by atoms with van der Waals surface area (Å²) < 4.78 is 4.62. The molecule has 0 aromatic carbocycles. The molecule has 1 heterocycles. The first kappa shape index (κ1) is 15.1. The number of aromatic nitrogens is 1. The lowest BCUT2D eigenvalue weighted by atomic mass is 10.0. The van der Waals surface area contributed by atoms with E-state index in [2.05, 4.69) is 15.0 Å². The van der Waals surface area contributed by atoms with E-state index >= 15 is 0 Å². The molecule has 110 valence electrons. The van der Waals surface area contributed by atoms with Gasteiger partial charge in [-0.3, -0.25) is 9.59 Å². The Hall–Kier alpha value is -2.34. The van der Waals surface area contributed by atoms with Gasteiger partial charge in [0.25, 0.3) is 11.5 Å². The highest BCUT2D eigenvalue weighted by atomic mass is 35.5. The summed E-state index contributed by atoms with van der Waals surface area (Å²) in [6.07, 6.45) is 3.69. The second-order valence-electron chi connectivity index (χ2n) is 4.35. The lowest BCUT2D eigenvalue weighted by Crippen LogP contribution is -2.30. The minimum Gasteiger partial charge on any atom is -0.466 e. The number of carbonyl (C=O) groups is 2. The summed E-state index contributed by atoms with van der Waals surface area (Å²) in [5.74, 6) is -0.988. The average Bonchev–Trinajstić information content (AvgIpc) is 2.48. The summed E-state index contributed by atoms with van der Waals surface area (Å²) in [7, 11) is 1.29. The molecule has 21 heavy (non-hydrogen) atoms. The van der Waals surface area contributed by atoms with Crippen LogP contribution in [0.15, 0.2) is 45.5 Å². The second-order valence-corrected chi connectivity index (χ2v) is 4.76. The number of H-pyrrole nitrogens is 1. The van der Waals surface area contributed by atoms with E-state index in [0.29, 0.717) is 24.1 Å². The Morgan fingerprint density at radius 2 is 2.14 bits per heavy atom. The predicted octanol–water partition coefficient (Wildman–Crippen LogP) is 1.45. The van der Waals surface area contributed by atoms with Gasteiger partial charge in [-0.25, -0.2) is 4.79 Å². The molecule has 1 amide bonds. The summed E-state index contributed by atoms with van der Waals surface area (Å²) in [6.45, 7) is 0. The maximum Gasteiger partial charge on any atom is 0.333 e. The third-order valence-corrected chi connectivity index (χ3v) is 3.35. The van der Waals surface area contributed by atoms with Crippen LogP contribution < -0.4 is 10.9 Å². The van der Waals surface area contributed by atoms with E-state index in [1.54, 1.807) is 6.07 Å². The van der Waals surface area contributed by atoms with Gasteiger partial charge in [-0.2, -0.15) is 0 Å². The third-order valence-electron chi connectivity index (χ3n) is 3.01. The highest BCUT2D eigenvalue weighted by Crippen LogP contribution is 2.25. The number of hydrogen-bond acceptors (Lipinski definition) is 4. The van der Waals surface area contributed by atoms with Crippen LogP contribution in [0.25, 0.3) is 0 Å². The van der Waals surface area contributed by atoms with Crippen molar-refractivity contribution in [3.8, 4) is 0 Å². The molecule has 0 radical (unpaired) electrons. The molecule has 0 bridgehead atoms. The van der Waals surface area contributed by atoms with E-state index in [4.69, 9.17) is 11.6 Å². The number of rotatable bonds is 3. The van der Waals surface area contributed by atoms with E-state index in [0.717, 1.165) is 0 Å². The van der Waals surface area contributed by atoms with Gasteiger partial charge in [0.05, 0.1) is 12.1 Å². The Morgan fingerprint density at radius 1 is 1.38 bits per heavy atom. The Labute approximate surface area is 125 Å². The van der Waals surface area contributed by atoms with Crippen LogP contribution in [0.2, 0.25) is 0 Å².